The summed E-state index contributed by atoms with van der Waals surface area (Å²) in [6, 6.07) is 0. The summed E-state index contributed by atoms with van der Waals surface area (Å²) in [6.45, 7) is 0. The molecule has 2 bridgehead atoms. The van der Waals surface area contributed by atoms with Crippen LogP contribution in [-0.4, -0.2) is 17.8 Å². The molecule has 1 aliphatic heterocycles. The van der Waals surface area contributed by atoms with E-state index in [4.69, 9.17) is 16.3 Å². The van der Waals surface area contributed by atoms with Crippen LogP contribution in [0.15, 0.2) is 12.2 Å². The minimum Gasteiger partial charge on any atom is -0.392 e. The number of carbonyl (C=O) groups is 2. The first-order valence-electron chi connectivity index (χ1n) is 4.70. The molecular weight excluding hydrogens is 204 g/mol. The summed E-state index contributed by atoms with van der Waals surface area (Å²) in [5.74, 6) is -0.658. The number of rotatable bonds is 1. The van der Waals surface area contributed by atoms with Crippen LogP contribution in [0.5, 0.6) is 0 Å². The standard InChI is InChI=1S/C10H9ClO3/c11-4-10-6-2-1-5(3-6)7(10)8(12)14-9(10)13/h1-2,5-7H,3-4H2/t5-,6+,7+,10+/m0/s1. The van der Waals surface area contributed by atoms with Crippen LogP contribution in [-0.2, 0) is 14.3 Å². The fourth-order valence-electron chi connectivity index (χ4n) is 3.12. The van der Waals surface area contributed by atoms with Crippen molar-refractivity contribution in [2.45, 2.75) is 6.42 Å². The molecule has 3 rings (SSSR count). The number of ether oxygens (including phenoxy) is 1. The van der Waals surface area contributed by atoms with Crippen LogP contribution in [0.2, 0.25) is 0 Å². The van der Waals surface area contributed by atoms with E-state index in [0.29, 0.717) is 0 Å². The SMILES string of the molecule is O=C1OC(=O)[C@]2(CCl)[C@@H]3C=C[C@@H](C3)[C@H]12. The lowest BCUT2D eigenvalue weighted by Gasteiger charge is -2.28. The number of esters is 2. The molecule has 1 saturated carbocycles. The normalized spacial score (nSPS) is 48.5. The third kappa shape index (κ3) is 0.682. The van der Waals surface area contributed by atoms with Gasteiger partial charge in [-0.2, -0.15) is 0 Å². The molecule has 0 unspecified atom stereocenters. The Morgan fingerprint density at radius 3 is 2.93 bits per heavy atom. The Morgan fingerprint density at radius 2 is 2.29 bits per heavy atom. The van der Waals surface area contributed by atoms with Crippen molar-refractivity contribution in [2.75, 3.05) is 5.88 Å². The number of allylic oxidation sites excluding steroid dienone is 2. The molecule has 3 nitrogen and oxygen atoms in total. The maximum absolute atomic E-state index is 11.6. The van der Waals surface area contributed by atoms with Crippen molar-refractivity contribution in [3.63, 3.8) is 0 Å². The first-order chi connectivity index (χ1) is 6.70. The second-order valence-electron chi connectivity index (χ2n) is 4.25. The third-order valence-electron chi connectivity index (χ3n) is 3.81. The largest absolute Gasteiger partial charge is 0.392 e. The van der Waals surface area contributed by atoms with Gasteiger partial charge in [0.15, 0.2) is 0 Å². The van der Waals surface area contributed by atoms with Crippen LogP contribution in [0, 0.1) is 23.2 Å². The summed E-state index contributed by atoms with van der Waals surface area (Å²) in [5, 5.41) is 0. The Labute approximate surface area is 86.1 Å². The third-order valence-corrected chi connectivity index (χ3v) is 4.25. The van der Waals surface area contributed by atoms with Gasteiger partial charge in [0, 0.05) is 5.88 Å². The van der Waals surface area contributed by atoms with Gasteiger partial charge in [-0.15, -0.1) is 11.6 Å². The van der Waals surface area contributed by atoms with Crippen molar-refractivity contribution in [3.05, 3.63) is 12.2 Å². The molecule has 0 aromatic heterocycles. The van der Waals surface area contributed by atoms with Crippen molar-refractivity contribution in [1.82, 2.24) is 0 Å². The summed E-state index contributed by atoms with van der Waals surface area (Å²) >= 11 is 5.87. The fraction of sp³-hybridized carbons (Fsp3) is 0.600. The summed E-state index contributed by atoms with van der Waals surface area (Å²) in [7, 11) is 0. The van der Waals surface area contributed by atoms with Gasteiger partial charge in [0.05, 0.1) is 5.92 Å². The van der Waals surface area contributed by atoms with E-state index in [1.807, 2.05) is 12.2 Å². The highest BCUT2D eigenvalue weighted by Gasteiger charge is 2.68. The molecule has 4 atom stereocenters. The second kappa shape index (κ2) is 2.40. The molecule has 1 saturated heterocycles. The molecule has 2 fully saturated rings. The van der Waals surface area contributed by atoms with Gasteiger partial charge < -0.3 is 4.74 Å². The van der Waals surface area contributed by atoms with Crippen LogP contribution in [0.1, 0.15) is 6.42 Å². The Morgan fingerprint density at radius 1 is 1.50 bits per heavy atom. The average Bonchev–Trinajstić information content (AvgIpc) is 2.78. The van der Waals surface area contributed by atoms with E-state index in [9.17, 15) is 9.59 Å². The zero-order valence-electron chi connectivity index (χ0n) is 7.40. The average molecular weight is 213 g/mol. The monoisotopic (exact) mass is 212 g/mol. The Balaban J connectivity index is 2.16. The molecule has 0 aromatic rings. The van der Waals surface area contributed by atoms with E-state index in [1.165, 1.54) is 0 Å². The molecule has 0 N–H and O–H groups in total. The summed E-state index contributed by atoms with van der Waals surface area (Å²) in [5.41, 5.74) is -0.738. The predicted octanol–water partition coefficient (Wildman–Crippen LogP) is 1.12. The molecule has 3 aliphatic rings. The highest BCUT2D eigenvalue weighted by atomic mass is 35.5. The van der Waals surface area contributed by atoms with Gasteiger partial charge in [0.25, 0.3) is 0 Å². The zero-order valence-corrected chi connectivity index (χ0v) is 8.16. The number of carbonyl (C=O) groups excluding carboxylic acids is 2. The van der Waals surface area contributed by atoms with Crippen LogP contribution < -0.4 is 0 Å². The van der Waals surface area contributed by atoms with Crippen LogP contribution >= 0.6 is 11.6 Å². The lowest BCUT2D eigenvalue weighted by atomic mass is 9.71. The molecule has 2 aliphatic carbocycles. The van der Waals surface area contributed by atoms with Crippen LogP contribution in [0.4, 0.5) is 0 Å². The first kappa shape index (κ1) is 8.48. The second-order valence-corrected chi connectivity index (χ2v) is 4.52. The van der Waals surface area contributed by atoms with E-state index in [0.717, 1.165) is 6.42 Å². The summed E-state index contributed by atoms with van der Waals surface area (Å²) < 4.78 is 4.70. The predicted molar refractivity (Wildman–Crippen MR) is 48.5 cm³/mol. The maximum Gasteiger partial charge on any atom is 0.322 e. The van der Waals surface area contributed by atoms with E-state index >= 15 is 0 Å². The maximum atomic E-state index is 11.6. The lowest BCUT2D eigenvalue weighted by molar-refractivity contribution is -0.156. The fourth-order valence-corrected chi connectivity index (χ4v) is 3.59. The van der Waals surface area contributed by atoms with E-state index in [2.05, 4.69) is 0 Å². The molecule has 1 heterocycles. The summed E-state index contributed by atoms with van der Waals surface area (Å²) in [4.78, 5) is 23.1. The number of halogens is 1. The minimum absolute atomic E-state index is 0.106. The number of fused-ring (bicyclic) bond motifs is 5. The Kier molecular flexibility index (Phi) is 1.45. The molecule has 0 amide bonds. The van der Waals surface area contributed by atoms with Gasteiger partial charge in [-0.05, 0) is 18.3 Å². The smallest absolute Gasteiger partial charge is 0.322 e. The molecule has 14 heavy (non-hydrogen) atoms. The molecular formula is C10H9ClO3. The number of hydrogen-bond donors (Lipinski definition) is 0. The van der Waals surface area contributed by atoms with Crippen LogP contribution in [0.3, 0.4) is 0 Å². The van der Waals surface area contributed by atoms with E-state index < -0.39 is 11.4 Å². The summed E-state index contributed by atoms with van der Waals surface area (Å²) in [6.07, 6.45) is 4.89. The number of hydrogen-bond acceptors (Lipinski definition) is 3. The van der Waals surface area contributed by atoms with Crippen molar-refractivity contribution < 1.29 is 14.3 Å². The van der Waals surface area contributed by atoms with Crippen molar-refractivity contribution in [3.8, 4) is 0 Å². The van der Waals surface area contributed by atoms with Crippen LogP contribution in [0.25, 0.3) is 0 Å². The molecule has 0 radical (unpaired) electrons. The highest BCUT2D eigenvalue weighted by molar-refractivity contribution is 6.21. The topological polar surface area (TPSA) is 43.4 Å². The van der Waals surface area contributed by atoms with E-state index in [-0.39, 0.29) is 29.6 Å². The van der Waals surface area contributed by atoms with Crippen molar-refractivity contribution >= 4 is 23.5 Å². The van der Waals surface area contributed by atoms with E-state index in [1.54, 1.807) is 0 Å². The van der Waals surface area contributed by atoms with Gasteiger partial charge in [0.2, 0.25) is 0 Å². The van der Waals surface area contributed by atoms with Crippen molar-refractivity contribution in [2.24, 2.45) is 23.2 Å². The quantitative estimate of drug-likeness (QED) is 0.283. The molecule has 4 heteroatoms. The van der Waals surface area contributed by atoms with Gasteiger partial charge in [-0.3, -0.25) is 9.59 Å². The minimum atomic E-state index is -0.738. The lowest BCUT2D eigenvalue weighted by Crippen LogP contribution is -2.39. The zero-order chi connectivity index (χ0) is 9.92. The molecule has 74 valence electrons. The van der Waals surface area contributed by atoms with Crippen molar-refractivity contribution in [1.29, 1.82) is 0 Å². The molecule has 0 spiro atoms. The number of alkyl halides is 1. The van der Waals surface area contributed by atoms with Gasteiger partial charge in [0.1, 0.15) is 5.41 Å². The Hall–Kier alpha value is -0.830. The highest BCUT2D eigenvalue weighted by Crippen LogP contribution is 2.60. The molecule has 0 aromatic carbocycles. The van der Waals surface area contributed by atoms with Gasteiger partial charge in [-0.25, -0.2) is 0 Å². The number of cyclic esters (lactones) is 2. The van der Waals surface area contributed by atoms with Gasteiger partial charge in [-0.1, -0.05) is 12.2 Å². The Bertz CT molecular complexity index is 362. The first-order valence-corrected chi connectivity index (χ1v) is 5.24. The van der Waals surface area contributed by atoms with Gasteiger partial charge >= 0.3 is 11.9 Å².